The van der Waals surface area contributed by atoms with Crippen LogP contribution in [0.5, 0.6) is 0 Å². The molecule has 2 aromatic carbocycles. The van der Waals surface area contributed by atoms with Crippen molar-refractivity contribution in [1.82, 2.24) is 0 Å². The zero-order valence-electron chi connectivity index (χ0n) is 15.8. The molecular weight excluding hydrogens is 379 g/mol. The summed E-state index contributed by atoms with van der Waals surface area (Å²) < 4.78 is 0. The van der Waals surface area contributed by atoms with Crippen molar-refractivity contribution in [3.8, 4) is 0 Å². The van der Waals surface area contributed by atoms with E-state index in [1.54, 1.807) is 0 Å². The second-order valence-corrected chi connectivity index (χ2v) is 5.80. The molecule has 0 radical (unpaired) electrons. The van der Waals surface area contributed by atoms with E-state index in [2.05, 4.69) is 86.7 Å². The smallest absolute Gasteiger partial charge is 0.358 e. The maximum Gasteiger partial charge on any atom is 4.00 e. The largest absolute Gasteiger partial charge is 4.00 e. The first-order valence-electron chi connectivity index (χ1n) is 8.19. The van der Waals surface area contributed by atoms with Crippen LogP contribution in [0.15, 0.2) is 48.5 Å². The van der Waals surface area contributed by atoms with E-state index in [1.165, 1.54) is 22.3 Å². The van der Waals surface area contributed by atoms with Gasteiger partial charge < -0.3 is 14.9 Å². The molecule has 4 rings (SSSR count). The number of fused-ring (bicyclic) bond motifs is 2. The fraction of sp³-hybridized carbons (Fsp3) is 0.250. The molecule has 2 unspecified atom stereocenters. The monoisotopic (exact) mass is 406 g/mol. The molecule has 2 aromatic rings. The van der Waals surface area contributed by atoms with Crippen LogP contribution in [0.1, 0.15) is 60.8 Å². The molecule has 0 fully saturated rings. The van der Waals surface area contributed by atoms with Crippen LogP contribution in [0.3, 0.4) is 0 Å². The van der Waals surface area contributed by atoms with Gasteiger partial charge in [-0.2, -0.15) is 11.1 Å². The molecule has 1 heteroatoms. The van der Waals surface area contributed by atoms with Gasteiger partial charge in [0.2, 0.25) is 0 Å². The van der Waals surface area contributed by atoms with Crippen LogP contribution in [0.4, 0.5) is 0 Å². The Balaban J connectivity index is 0.000000411. The summed E-state index contributed by atoms with van der Waals surface area (Å²) in [7, 11) is 0. The van der Waals surface area contributed by atoms with Gasteiger partial charge in [0.1, 0.15) is 0 Å². The van der Waals surface area contributed by atoms with Crippen LogP contribution in [0.2, 0.25) is 0 Å². The summed E-state index contributed by atoms with van der Waals surface area (Å²) in [6, 6.07) is 17.0. The average molecular weight is 408 g/mol. The van der Waals surface area contributed by atoms with Crippen molar-refractivity contribution in [3.63, 3.8) is 0 Å². The van der Waals surface area contributed by atoms with Crippen molar-refractivity contribution >= 4 is 12.2 Å². The summed E-state index contributed by atoms with van der Waals surface area (Å²) in [5.41, 5.74) is 5.57. The third-order valence-electron chi connectivity index (χ3n) is 4.44. The predicted molar refractivity (Wildman–Crippen MR) is 107 cm³/mol. The molecule has 128 valence electrons. The number of benzene rings is 2. The Morgan fingerprint density at radius 3 is 1.40 bits per heavy atom. The predicted octanol–water partition coefficient (Wildman–Crippen LogP) is 6.92. The summed E-state index contributed by atoms with van der Waals surface area (Å²) in [5, 5.41) is 0. The topological polar surface area (TPSA) is 0 Å². The van der Waals surface area contributed by atoms with Crippen molar-refractivity contribution in [2.75, 3.05) is 0 Å². The molecule has 0 amide bonds. The number of rotatable bonds is 2. The first-order valence-corrected chi connectivity index (χ1v) is 8.19. The van der Waals surface area contributed by atoms with E-state index >= 15 is 0 Å². The molecule has 2 aliphatic rings. The van der Waals surface area contributed by atoms with Crippen LogP contribution in [-0.4, -0.2) is 0 Å². The van der Waals surface area contributed by atoms with Gasteiger partial charge in [0, 0.05) is 0 Å². The summed E-state index contributed by atoms with van der Waals surface area (Å²) >= 11 is 0. The number of hydrogen-bond donors (Lipinski definition) is 0. The maximum atomic E-state index is 3.35. The molecule has 0 saturated carbocycles. The van der Waals surface area contributed by atoms with Gasteiger partial charge in [-0.25, -0.2) is 12.2 Å². The SMILES string of the molecule is CCC1[C-]=Cc2ccccc21.CCC1[C-]=Cc2ccccc21.[CH3-].[CH3-].[Zr+4]. The van der Waals surface area contributed by atoms with E-state index in [-0.39, 0.29) is 41.1 Å². The molecule has 0 saturated heterocycles. The summed E-state index contributed by atoms with van der Waals surface area (Å²) in [5.74, 6) is 1.09. The molecule has 0 bridgehead atoms. The third kappa shape index (κ3) is 5.39. The molecule has 0 aliphatic heterocycles. The Morgan fingerprint density at radius 1 is 0.680 bits per heavy atom. The second-order valence-electron chi connectivity index (χ2n) is 5.80. The van der Waals surface area contributed by atoms with Crippen molar-refractivity contribution in [2.45, 2.75) is 38.5 Å². The van der Waals surface area contributed by atoms with Crippen molar-refractivity contribution in [1.29, 1.82) is 0 Å². The summed E-state index contributed by atoms with van der Waals surface area (Å²) in [6.07, 6.45) is 13.2. The Hall–Kier alpha value is -1.20. The molecule has 25 heavy (non-hydrogen) atoms. The molecule has 0 spiro atoms. The maximum absolute atomic E-state index is 3.35. The number of allylic oxidation sites excluding steroid dienone is 2. The Kier molecular flexibility index (Phi) is 10.9. The average Bonchev–Trinajstić information content (AvgIpc) is 3.19. The van der Waals surface area contributed by atoms with Crippen LogP contribution >= 0.6 is 0 Å². The van der Waals surface area contributed by atoms with Crippen LogP contribution in [0.25, 0.3) is 12.2 Å². The van der Waals surface area contributed by atoms with Crippen LogP contribution < -0.4 is 0 Å². The minimum atomic E-state index is 0. The van der Waals surface area contributed by atoms with E-state index in [9.17, 15) is 0 Å². The van der Waals surface area contributed by atoms with E-state index in [0.717, 1.165) is 12.8 Å². The minimum Gasteiger partial charge on any atom is -0.358 e. The van der Waals surface area contributed by atoms with Crippen molar-refractivity contribution in [2.24, 2.45) is 0 Å². The first-order chi connectivity index (χ1) is 10.8. The van der Waals surface area contributed by atoms with Gasteiger partial charge >= 0.3 is 26.2 Å². The Labute approximate surface area is 174 Å². The fourth-order valence-electron chi connectivity index (χ4n) is 3.16. The molecule has 0 aromatic heterocycles. The van der Waals surface area contributed by atoms with Gasteiger partial charge in [0.15, 0.2) is 0 Å². The molecular formula is C24H28Zr. The third-order valence-corrected chi connectivity index (χ3v) is 4.44. The van der Waals surface area contributed by atoms with Gasteiger partial charge in [-0.1, -0.05) is 74.9 Å². The van der Waals surface area contributed by atoms with Gasteiger partial charge in [-0.3, -0.25) is 12.2 Å². The van der Waals surface area contributed by atoms with Gasteiger partial charge in [0.25, 0.3) is 0 Å². The molecule has 0 nitrogen and oxygen atoms in total. The van der Waals surface area contributed by atoms with E-state index in [4.69, 9.17) is 0 Å². The molecule has 2 aliphatic carbocycles. The van der Waals surface area contributed by atoms with Crippen molar-refractivity contribution in [3.05, 3.63) is 97.8 Å². The quantitative estimate of drug-likeness (QED) is 0.474. The Morgan fingerprint density at radius 2 is 1.04 bits per heavy atom. The standard InChI is InChI=1S/2C11H11.2CH3.Zr/c2*1-2-9-7-8-10-5-3-4-6-11(9)10;;;/h2*3-6,8-9H,2H2,1H3;2*1H3;/q4*-1;+4. The molecule has 0 heterocycles. The Bertz CT molecular complexity index is 635. The second kappa shape index (κ2) is 11.4. The van der Waals surface area contributed by atoms with Crippen molar-refractivity contribution < 1.29 is 26.2 Å². The molecule has 2 atom stereocenters. The summed E-state index contributed by atoms with van der Waals surface area (Å²) in [6.45, 7) is 4.40. The van der Waals surface area contributed by atoms with E-state index in [0.29, 0.717) is 11.8 Å². The first kappa shape index (κ1) is 23.8. The summed E-state index contributed by atoms with van der Waals surface area (Å²) in [4.78, 5) is 0. The van der Waals surface area contributed by atoms with Crippen LogP contribution in [-0.2, 0) is 26.2 Å². The zero-order chi connectivity index (χ0) is 15.4. The number of hydrogen-bond acceptors (Lipinski definition) is 0. The zero-order valence-corrected chi connectivity index (χ0v) is 18.3. The van der Waals surface area contributed by atoms with E-state index in [1.807, 2.05) is 0 Å². The van der Waals surface area contributed by atoms with Gasteiger partial charge in [-0.15, -0.1) is 23.3 Å². The van der Waals surface area contributed by atoms with E-state index < -0.39 is 0 Å². The minimum absolute atomic E-state index is 0. The fourth-order valence-corrected chi connectivity index (χ4v) is 3.16. The van der Waals surface area contributed by atoms with Gasteiger partial charge in [0.05, 0.1) is 0 Å². The molecule has 0 N–H and O–H groups in total. The van der Waals surface area contributed by atoms with Gasteiger partial charge in [-0.05, 0) is 0 Å². The van der Waals surface area contributed by atoms with Crippen LogP contribution in [0, 0.1) is 27.0 Å². The normalized spacial score (nSPS) is 17.8.